The Labute approximate surface area is 128 Å². The van der Waals surface area contributed by atoms with Crippen LogP contribution in [0.15, 0.2) is 53.4 Å². The number of benzene rings is 2. The van der Waals surface area contributed by atoms with Crippen LogP contribution in [0.1, 0.15) is 12.0 Å². The molecule has 2 aromatic carbocycles. The molecule has 0 unspecified atom stereocenters. The van der Waals surface area contributed by atoms with E-state index >= 15 is 0 Å². The van der Waals surface area contributed by atoms with Gasteiger partial charge in [0.1, 0.15) is 5.82 Å². The molecule has 2 rings (SSSR count). The number of rotatable bonds is 6. The monoisotopic (exact) mass is 327 g/mol. The Morgan fingerprint density at radius 3 is 2.48 bits per heavy atom. The molecule has 0 radical (unpaired) electrons. The summed E-state index contributed by atoms with van der Waals surface area (Å²) >= 11 is 5.78. The number of aryl methyl sites for hydroxylation is 1. The molecule has 21 heavy (non-hydrogen) atoms. The molecule has 0 amide bonds. The van der Waals surface area contributed by atoms with Crippen molar-refractivity contribution in [3.63, 3.8) is 0 Å². The third-order valence-corrected chi connectivity index (χ3v) is 4.65. The van der Waals surface area contributed by atoms with Gasteiger partial charge in [0.25, 0.3) is 0 Å². The zero-order chi connectivity index (χ0) is 15.3. The lowest BCUT2D eigenvalue weighted by atomic mass is 10.1. The molecule has 0 aliphatic carbocycles. The largest absolute Gasteiger partial charge is 0.240 e. The highest BCUT2D eigenvalue weighted by molar-refractivity contribution is 7.89. The van der Waals surface area contributed by atoms with Gasteiger partial charge >= 0.3 is 0 Å². The van der Waals surface area contributed by atoms with Gasteiger partial charge in [0.15, 0.2) is 0 Å². The van der Waals surface area contributed by atoms with Crippen LogP contribution in [0.4, 0.5) is 4.39 Å². The van der Waals surface area contributed by atoms with E-state index in [4.69, 9.17) is 11.6 Å². The Kier molecular flexibility index (Phi) is 5.33. The van der Waals surface area contributed by atoms with Crippen molar-refractivity contribution in [3.05, 3.63) is 64.9 Å². The first-order valence-electron chi connectivity index (χ1n) is 6.47. The molecule has 6 heteroatoms. The summed E-state index contributed by atoms with van der Waals surface area (Å²) in [5.74, 6) is -0.277. The van der Waals surface area contributed by atoms with E-state index < -0.39 is 10.0 Å². The molecular weight excluding hydrogens is 313 g/mol. The van der Waals surface area contributed by atoms with Crippen LogP contribution in [0, 0.1) is 5.82 Å². The molecule has 0 atom stereocenters. The highest BCUT2D eigenvalue weighted by Crippen LogP contribution is 2.15. The maximum absolute atomic E-state index is 12.7. The Hall–Kier alpha value is -1.43. The number of hydrogen-bond donors (Lipinski definition) is 1. The molecule has 2 aromatic rings. The molecule has 0 bridgehead atoms. The third kappa shape index (κ3) is 4.81. The maximum Gasteiger partial charge on any atom is 0.240 e. The predicted molar refractivity (Wildman–Crippen MR) is 81.4 cm³/mol. The fraction of sp³-hybridized carbons (Fsp3) is 0.200. The molecule has 0 aromatic heterocycles. The lowest BCUT2D eigenvalue weighted by molar-refractivity contribution is 0.579. The molecule has 0 spiro atoms. The number of halogens is 2. The van der Waals surface area contributed by atoms with Crippen molar-refractivity contribution < 1.29 is 12.8 Å². The van der Waals surface area contributed by atoms with Crippen LogP contribution in [-0.4, -0.2) is 15.0 Å². The molecule has 1 N–H and O–H groups in total. The summed E-state index contributed by atoms with van der Waals surface area (Å²) < 4.78 is 39.3. The van der Waals surface area contributed by atoms with E-state index in [0.29, 0.717) is 24.4 Å². The first kappa shape index (κ1) is 15.9. The van der Waals surface area contributed by atoms with Gasteiger partial charge in [-0.3, -0.25) is 0 Å². The second kappa shape index (κ2) is 7.02. The quantitative estimate of drug-likeness (QED) is 0.827. The Morgan fingerprint density at radius 2 is 1.81 bits per heavy atom. The van der Waals surface area contributed by atoms with Crippen molar-refractivity contribution in [1.29, 1.82) is 0 Å². The molecule has 0 aliphatic heterocycles. The van der Waals surface area contributed by atoms with Crippen LogP contribution < -0.4 is 4.72 Å². The second-order valence-electron chi connectivity index (χ2n) is 4.59. The van der Waals surface area contributed by atoms with E-state index in [2.05, 4.69) is 4.72 Å². The minimum Gasteiger partial charge on any atom is -0.211 e. The zero-order valence-electron chi connectivity index (χ0n) is 11.2. The van der Waals surface area contributed by atoms with Gasteiger partial charge in [0.2, 0.25) is 10.0 Å². The molecule has 3 nitrogen and oxygen atoms in total. The highest BCUT2D eigenvalue weighted by atomic mass is 35.5. The van der Waals surface area contributed by atoms with Crippen molar-refractivity contribution in [2.75, 3.05) is 6.54 Å². The van der Waals surface area contributed by atoms with E-state index in [9.17, 15) is 12.8 Å². The predicted octanol–water partition coefficient (Wildman–Crippen LogP) is 3.39. The normalized spacial score (nSPS) is 11.5. The van der Waals surface area contributed by atoms with Crippen LogP contribution in [-0.2, 0) is 16.4 Å². The van der Waals surface area contributed by atoms with Gasteiger partial charge < -0.3 is 0 Å². The van der Waals surface area contributed by atoms with E-state index in [1.54, 1.807) is 24.3 Å². The molecule has 0 aliphatic rings. The van der Waals surface area contributed by atoms with Gasteiger partial charge in [0.05, 0.1) is 4.90 Å². The van der Waals surface area contributed by atoms with Gasteiger partial charge in [-0.1, -0.05) is 29.8 Å². The standard InChI is InChI=1S/C15H15ClFNO2S/c16-13-4-1-5-15(11-13)21(19,20)18-10-2-3-12-6-8-14(17)9-7-12/h1,4-9,11,18H,2-3,10H2. The smallest absolute Gasteiger partial charge is 0.211 e. The van der Waals surface area contributed by atoms with Crippen molar-refractivity contribution in [2.24, 2.45) is 0 Å². The van der Waals surface area contributed by atoms with E-state index in [1.165, 1.54) is 24.3 Å². The lowest BCUT2D eigenvalue weighted by Crippen LogP contribution is -2.25. The zero-order valence-corrected chi connectivity index (χ0v) is 12.8. The van der Waals surface area contributed by atoms with Gasteiger partial charge in [-0.05, 0) is 48.7 Å². The molecule has 112 valence electrons. The van der Waals surface area contributed by atoms with Gasteiger partial charge in [0, 0.05) is 11.6 Å². The summed E-state index contributed by atoms with van der Waals surface area (Å²) in [6.07, 6.45) is 1.31. The number of nitrogens with one attached hydrogen (secondary N) is 1. The summed E-state index contributed by atoms with van der Waals surface area (Å²) in [7, 11) is -3.54. The van der Waals surface area contributed by atoms with E-state index in [0.717, 1.165) is 5.56 Å². The van der Waals surface area contributed by atoms with Crippen LogP contribution in [0.2, 0.25) is 5.02 Å². The number of sulfonamides is 1. The van der Waals surface area contributed by atoms with Crippen LogP contribution in [0.3, 0.4) is 0 Å². The van der Waals surface area contributed by atoms with E-state index in [-0.39, 0.29) is 10.7 Å². The fourth-order valence-electron chi connectivity index (χ4n) is 1.87. The molecular formula is C15H15ClFNO2S. The summed E-state index contributed by atoms with van der Waals surface area (Å²) in [6.45, 7) is 0.312. The first-order chi connectivity index (χ1) is 9.97. The van der Waals surface area contributed by atoms with Gasteiger partial charge in [-0.2, -0.15) is 0 Å². The minimum atomic E-state index is -3.54. The van der Waals surface area contributed by atoms with Crippen molar-refractivity contribution >= 4 is 21.6 Å². The topological polar surface area (TPSA) is 46.2 Å². The molecule has 0 heterocycles. The van der Waals surface area contributed by atoms with Gasteiger partial charge in [-0.25, -0.2) is 17.5 Å². The van der Waals surface area contributed by atoms with Gasteiger partial charge in [-0.15, -0.1) is 0 Å². The number of hydrogen-bond acceptors (Lipinski definition) is 2. The average Bonchev–Trinajstić information content (AvgIpc) is 2.45. The molecule has 0 fully saturated rings. The minimum absolute atomic E-state index is 0.150. The van der Waals surface area contributed by atoms with Crippen LogP contribution in [0.5, 0.6) is 0 Å². The highest BCUT2D eigenvalue weighted by Gasteiger charge is 2.13. The summed E-state index contributed by atoms with van der Waals surface area (Å²) in [5.41, 5.74) is 0.971. The Morgan fingerprint density at radius 1 is 1.10 bits per heavy atom. The fourth-order valence-corrected chi connectivity index (χ4v) is 3.24. The van der Waals surface area contributed by atoms with E-state index in [1.807, 2.05) is 0 Å². The SMILES string of the molecule is O=S(=O)(NCCCc1ccc(F)cc1)c1cccc(Cl)c1. The Balaban J connectivity index is 1.86. The summed E-state index contributed by atoms with van der Waals surface area (Å²) in [5, 5.41) is 0.379. The molecule has 0 saturated heterocycles. The summed E-state index contributed by atoms with van der Waals surface area (Å²) in [6, 6.07) is 12.3. The summed E-state index contributed by atoms with van der Waals surface area (Å²) in [4.78, 5) is 0.150. The molecule has 0 saturated carbocycles. The first-order valence-corrected chi connectivity index (χ1v) is 8.33. The Bertz CT molecular complexity index is 702. The van der Waals surface area contributed by atoms with Crippen molar-refractivity contribution in [1.82, 2.24) is 4.72 Å². The van der Waals surface area contributed by atoms with Crippen LogP contribution >= 0.6 is 11.6 Å². The maximum atomic E-state index is 12.7. The van der Waals surface area contributed by atoms with Crippen molar-refractivity contribution in [3.8, 4) is 0 Å². The average molecular weight is 328 g/mol. The second-order valence-corrected chi connectivity index (χ2v) is 6.79. The van der Waals surface area contributed by atoms with Crippen LogP contribution in [0.25, 0.3) is 0 Å². The lowest BCUT2D eigenvalue weighted by Gasteiger charge is -2.07. The van der Waals surface area contributed by atoms with Crippen molar-refractivity contribution in [2.45, 2.75) is 17.7 Å². The third-order valence-electron chi connectivity index (χ3n) is 2.95.